The van der Waals surface area contributed by atoms with Crippen molar-refractivity contribution in [2.75, 3.05) is 0 Å². The average Bonchev–Trinajstić information content (AvgIpc) is 2.84. The number of hydrogen-bond acceptors (Lipinski definition) is 4. The summed E-state index contributed by atoms with van der Waals surface area (Å²) in [5, 5.41) is 26.5. The topological polar surface area (TPSA) is 52.5 Å². The molecular weight excluding hydrogens is 234 g/mol. The van der Waals surface area contributed by atoms with Gasteiger partial charge in [-0.25, -0.2) is 0 Å². The Labute approximate surface area is 104 Å². The van der Waals surface area contributed by atoms with Crippen LogP contribution in [0.15, 0.2) is 35.0 Å². The fourth-order valence-electron chi connectivity index (χ4n) is 1.62. The normalized spacial score (nSPS) is 12.5. The predicted octanol–water partition coefficient (Wildman–Crippen LogP) is 3.01. The van der Waals surface area contributed by atoms with Gasteiger partial charge in [0, 0.05) is 18.2 Å². The molecule has 0 saturated heterocycles. The number of benzene rings is 1. The van der Waals surface area contributed by atoms with Crippen molar-refractivity contribution < 1.29 is 10.2 Å². The standard InChI is InChI=1S/C13H15NO2S/c1-9(11-5-6-17-8-11)14-7-10-3-2-4-12(15)13(10)16/h2-6,8-9,14-16H,7H2,1H3. The van der Waals surface area contributed by atoms with Crippen molar-refractivity contribution >= 4 is 11.3 Å². The van der Waals surface area contributed by atoms with Crippen molar-refractivity contribution in [2.45, 2.75) is 19.5 Å². The second-order valence-electron chi connectivity index (χ2n) is 3.94. The summed E-state index contributed by atoms with van der Waals surface area (Å²) in [7, 11) is 0. The first-order chi connectivity index (χ1) is 8.18. The first-order valence-corrected chi connectivity index (χ1v) is 6.38. The van der Waals surface area contributed by atoms with E-state index >= 15 is 0 Å². The molecule has 1 aromatic carbocycles. The molecule has 1 heterocycles. The molecule has 3 N–H and O–H groups in total. The number of hydrogen-bond donors (Lipinski definition) is 3. The van der Waals surface area contributed by atoms with Crippen molar-refractivity contribution in [1.29, 1.82) is 0 Å². The SMILES string of the molecule is CC(NCc1cccc(O)c1O)c1ccsc1. The van der Waals surface area contributed by atoms with Gasteiger partial charge in [-0.3, -0.25) is 0 Å². The van der Waals surface area contributed by atoms with E-state index in [1.807, 2.05) is 5.38 Å². The Bertz CT molecular complexity index is 482. The van der Waals surface area contributed by atoms with E-state index in [9.17, 15) is 10.2 Å². The van der Waals surface area contributed by atoms with Gasteiger partial charge in [-0.1, -0.05) is 12.1 Å². The summed E-state index contributed by atoms with van der Waals surface area (Å²) in [4.78, 5) is 0. The molecule has 17 heavy (non-hydrogen) atoms. The van der Waals surface area contributed by atoms with Gasteiger partial charge in [-0.2, -0.15) is 11.3 Å². The third kappa shape index (κ3) is 2.78. The van der Waals surface area contributed by atoms with Gasteiger partial charge in [-0.05, 0) is 35.4 Å². The van der Waals surface area contributed by atoms with E-state index in [1.54, 1.807) is 23.5 Å². The molecule has 1 unspecified atom stereocenters. The van der Waals surface area contributed by atoms with E-state index in [-0.39, 0.29) is 17.5 Å². The number of phenols is 2. The Balaban J connectivity index is 2.00. The lowest BCUT2D eigenvalue weighted by atomic mass is 10.1. The van der Waals surface area contributed by atoms with Crippen LogP contribution in [0.2, 0.25) is 0 Å². The van der Waals surface area contributed by atoms with Gasteiger partial charge >= 0.3 is 0 Å². The molecule has 0 saturated carbocycles. The first kappa shape index (κ1) is 12.0. The molecule has 0 aliphatic heterocycles. The molecule has 2 rings (SSSR count). The minimum atomic E-state index is -0.0764. The lowest BCUT2D eigenvalue weighted by Gasteiger charge is -2.13. The van der Waals surface area contributed by atoms with E-state index in [2.05, 4.69) is 23.7 Å². The highest BCUT2D eigenvalue weighted by Crippen LogP contribution is 2.28. The fourth-order valence-corrected chi connectivity index (χ4v) is 2.38. The molecule has 0 spiro atoms. The van der Waals surface area contributed by atoms with Gasteiger partial charge in [0.25, 0.3) is 0 Å². The molecular formula is C13H15NO2S. The van der Waals surface area contributed by atoms with Crippen LogP contribution >= 0.6 is 11.3 Å². The zero-order chi connectivity index (χ0) is 12.3. The zero-order valence-electron chi connectivity index (χ0n) is 9.55. The Kier molecular flexibility index (Phi) is 3.66. The molecule has 1 atom stereocenters. The van der Waals surface area contributed by atoms with Crippen LogP contribution < -0.4 is 5.32 Å². The Morgan fingerprint density at radius 1 is 1.29 bits per heavy atom. The second-order valence-corrected chi connectivity index (χ2v) is 4.72. The molecule has 0 fully saturated rings. The van der Waals surface area contributed by atoms with E-state index in [0.29, 0.717) is 12.1 Å². The van der Waals surface area contributed by atoms with Crippen LogP contribution in [-0.4, -0.2) is 10.2 Å². The number of nitrogens with one attached hydrogen (secondary N) is 1. The van der Waals surface area contributed by atoms with Gasteiger partial charge in [0.2, 0.25) is 0 Å². The minimum absolute atomic E-state index is 0.0440. The molecule has 0 bridgehead atoms. The van der Waals surface area contributed by atoms with Crippen LogP contribution in [0.25, 0.3) is 0 Å². The van der Waals surface area contributed by atoms with Crippen molar-refractivity contribution in [3.05, 3.63) is 46.2 Å². The molecule has 0 aliphatic carbocycles. The van der Waals surface area contributed by atoms with Gasteiger partial charge < -0.3 is 15.5 Å². The van der Waals surface area contributed by atoms with E-state index < -0.39 is 0 Å². The highest BCUT2D eigenvalue weighted by Gasteiger charge is 2.08. The number of phenolic OH excluding ortho intramolecular Hbond substituents is 2. The van der Waals surface area contributed by atoms with Crippen molar-refractivity contribution in [3.63, 3.8) is 0 Å². The monoisotopic (exact) mass is 249 g/mol. The van der Waals surface area contributed by atoms with E-state index in [0.717, 1.165) is 0 Å². The predicted molar refractivity (Wildman–Crippen MR) is 69.3 cm³/mol. The summed E-state index contributed by atoms with van der Waals surface area (Å²) < 4.78 is 0. The van der Waals surface area contributed by atoms with Crippen LogP contribution in [-0.2, 0) is 6.54 Å². The third-order valence-corrected chi connectivity index (χ3v) is 3.44. The molecule has 90 valence electrons. The second kappa shape index (κ2) is 5.21. The van der Waals surface area contributed by atoms with E-state index in [4.69, 9.17) is 0 Å². The Morgan fingerprint density at radius 2 is 2.12 bits per heavy atom. The maximum atomic E-state index is 9.65. The Morgan fingerprint density at radius 3 is 2.82 bits per heavy atom. The smallest absolute Gasteiger partial charge is 0.161 e. The minimum Gasteiger partial charge on any atom is -0.504 e. The number of para-hydroxylation sites is 1. The lowest BCUT2D eigenvalue weighted by Crippen LogP contribution is -2.17. The largest absolute Gasteiger partial charge is 0.504 e. The van der Waals surface area contributed by atoms with Gasteiger partial charge in [0.05, 0.1) is 0 Å². The summed E-state index contributed by atoms with van der Waals surface area (Å²) in [6.07, 6.45) is 0. The summed E-state index contributed by atoms with van der Waals surface area (Å²) in [5.74, 6) is -0.120. The van der Waals surface area contributed by atoms with Crippen LogP contribution in [0.4, 0.5) is 0 Å². The molecule has 1 aromatic heterocycles. The maximum Gasteiger partial charge on any atom is 0.161 e. The number of aromatic hydroxyl groups is 2. The van der Waals surface area contributed by atoms with Crippen LogP contribution in [0.5, 0.6) is 11.5 Å². The van der Waals surface area contributed by atoms with Gasteiger partial charge in [0.15, 0.2) is 11.5 Å². The molecule has 4 heteroatoms. The molecule has 0 amide bonds. The van der Waals surface area contributed by atoms with Crippen molar-refractivity contribution in [3.8, 4) is 11.5 Å². The maximum absolute atomic E-state index is 9.65. The van der Waals surface area contributed by atoms with E-state index in [1.165, 1.54) is 11.6 Å². The molecule has 2 aromatic rings. The van der Waals surface area contributed by atoms with Crippen molar-refractivity contribution in [2.24, 2.45) is 0 Å². The number of rotatable bonds is 4. The van der Waals surface area contributed by atoms with Crippen LogP contribution in [0.1, 0.15) is 24.1 Å². The van der Waals surface area contributed by atoms with Gasteiger partial charge in [-0.15, -0.1) is 0 Å². The first-order valence-electron chi connectivity index (χ1n) is 5.44. The van der Waals surface area contributed by atoms with Crippen LogP contribution in [0, 0.1) is 0 Å². The average molecular weight is 249 g/mol. The molecule has 3 nitrogen and oxygen atoms in total. The third-order valence-electron chi connectivity index (χ3n) is 2.74. The molecule has 0 aliphatic rings. The summed E-state index contributed by atoms with van der Waals surface area (Å²) in [6, 6.07) is 7.29. The quantitative estimate of drug-likeness (QED) is 0.730. The molecule has 0 radical (unpaired) electrons. The lowest BCUT2D eigenvalue weighted by molar-refractivity contribution is 0.396. The van der Waals surface area contributed by atoms with Gasteiger partial charge in [0.1, 0.15) is 0 Å². The number of thiophene rings is 1. The van der Waals surface area contributed by atoms with Crippen LogP contribution in [0.3, 0.4) is 0 Å². The zero-order valence-corrected chi connectivity index (χ0v) is 10.4. The summed E-state index contributed by atoms with van der Waals surface area (Å²) >= 11 is 1.67. The fraction of sp³-hybridized carbons (Fsp3) is 0.231. The highest BCUT2D eigenvalue weighted by molar-refractivity contribution is 7.07. The summed E-state index contributed by atoms with van der Waals surface area (Å²) in [6.45, 7) is 2.60. The Hall–Kier alpha value is -1.52. The van der Waals surface area contributed by atoms with Crippen molar-refractivity contribution in [1.82, 2.24) is 5.32 Å². The summed E-state index contributed by atoms with van der Waals surface area (Å²) in [5.41, 5.74) is 1.93. The highest BCUT2D eigenvalue weighted by atomic mass is 32.1.